The first kappa shape index (κ1) is 14.3. The van der Waals surface area contributed by atoms with Gasteiger partial charge in [0.2, 0.25) is 5.91 Å². The third-order valence-electron chi connectivity index (χ3n) is 2.73. The van der Waals surface area contributed by atoms with Crippen LogP contribution in [0.5, 0.6) is 5.75 Å². The molecule has 0 aliphatic carbocycles. The summed E-state index contributed by atoms with van der Waals surface area (Å²) >= 11 is 1.53. The molecule has 0 saturated carbocycles. The Bertz CT molecular complexity index is 726. The van der Waals surface area contributed by atoms with Crippen LogP contribution in [0.2, 0.25) is 0 Å². The molecule has 1 aromatic carbocycles. The molecule has 7 heteroatoms. The van der Waals surface area contributed by atoms with E-state index in [9.17, 15) is 4.79 Å². The predicted octanol–water partition coefficient (Wildman–Crippen LogP) is 2.89. The number of nitrogens with one attached hydrogen (secondary N) is 1. The van der Waals surface area contributed by atoms with E-state index in [1.54, 1.807) is 0 Å². The number of benzene rings is 1. The third kappa shape index (κ3) is 3.92. The molecule has 0 unspecified atom stereocenters. The lowest BCUT2D eigenvalue weighted by Gasteiger charge is -2.01. The van der Waals surface area contributed by atoms with Gasteiger partial charge in [-0.05, 0) is 23.6 Å². The van der Waals surface area contributed by atoms with Crippen molar-refractivity contribution in [2.75, 3.05) is 5.32 Å². The van der Waals surface area contributed by atoms with E-state index in [1.807, 2.05) is 47.8 Å². The van der Waals surface area contributed by atoms with Gasteiger partial charge in [0.1, 0.15) is 5.75 Å². The van der Waals surface area contributed by atoms with Gasteiger partial charge < -0.3 is 9.15 Å². The highest BCUT2D eigenvalue weighted by Crippen LogP contribution is 2.13. The molecule has 1 amide bonds. The summed E-state index contributed by atoms with van der Waals surface area (Å²) in [5, 5.41) is 12.1. The minimum Gasteiger partial charge on any atom is -0.484 e. The Morgan fingerprint density at radius 3 is 2.82 bits per heavy atom. The summed E-state index contributed by atoms with van der Waals surface area (Å²) in [4.78, 5) is 12.8. The van der Waals surface area contributed by atoms with Crippen molar-refractivity contribution in [3.05, 3.63) is 58.6 Å². The Labute approximate surface area is 130 Å². The fourth-order valence-electron chi connectivity index (χ4n) is 1.76. The zero-order valence-electron chi connectivity index (χ0n) is 11.6. The summed E-state index contributed by atoms with van der Waals surface area (Å²) in [5.41, 5.74) is 0. The van der Waals surface area contributed by atoms with Gasteiger partial charge in [-0.2, -0.15) is 0 Å². The van der Waals surface area contributed by atoms with Crippen LogP contribution in [-0.4, -0.2) is 16.1 Å². The van der Waals surface area contributed by atoms with Crippen LogP contribution in [-0.2, 0) is 17.8 Å². The van der Waals surface area contributed by atoms with Crippen molar-refractivity contribution in [3.63, 3.8) is 0 Å². The minimum absolute atomic E-state index is 0.0771. The molecule has 22 heavy (non-hydrogen) atoms. The molecule has 0 saturated heterocycles. The first-order valence-electron chi connectivity index (χ1n) is 6.62. The van der Waals surface area contributed by atoms with Crippen molar-refractivity contribution in [3.8, 4) is 5.75 Å². The standard InChI is InChI=1S/C15H13N3O3S/c19-13(9-12-7-4-8-22-12)16-15-18-17-14(21-15)10-20-11-5-2-1-3-6-11/h1-8H,9-10H2,(H,16,18,19). The number of nitrogens with zero attached hydrogens (tertiary/aromatic N) is 2. The van der Waals surface area contributed by atoms with Crippen molar-refractivity contribution in [2.45, 2.75) is 13.0 Å². The molecule has 0 fully saturated rings. The maximum absolute atomic E-state index is 11.8. The number of carbonyl (C=O) groups is 1. The fourth-order valence-corrected chi connectivity index (χ4v) is 2.46. The average Bonchev–Trinajstić information content (AvgIpc) is 3.18. The lowest BCUT2D eigenvalue weighted by molar-refractivity contribution is -0.115. The summed E-state index contributed by atoms with van der Waals surface area (Å²) in [6.07, 6.45) is 0.288. The largest absolute Gasteiger partial charge is 0.484 e. The Kier molecular flexibility index (Phi) is 4.45. The molecule has 3 rings (SSSR count). The second kappa shape index (κ2) is 6.86. The van der Waals surface area contributed by atoms with E-state index >= 15 is 0 Å². The molecule has 3 aromatic rings. The summed E-state index contributed by atoms with van der Waals surface area (Å²) < 4.78 is 10.8. The van der Waals surface area contributed by atoms with Gasteiger partial charge >= 0.3 is 6.01 Å². The molecule has 0 spiro atoms. The van der Waals surface area contributed by atoms with Crippen LogP contribution in [0.3, 0.4) is 0 Å². The normalized spacial score (nSPS) is 10.4. The predicted molar refractivity (Wildman–Crippen MR) is 81.7 cm³/mol. The maximum atomic E-state index is 11.8. The van der Waals surface area contributed by atoms with Gasteiger partial charge in [0.25, 0.3) is 5.89 Å². The molecule has 112 valence electrons. The third-order valence-corrected chi connectivity index (χ3v) is 3.61. The SMILES string of the molecule is O=C(Cc1cccs1)Nc1nnc(COc2ccccc2)o1. The summed E-state index contributed by atoms with van der Waals surface area (Å²) in [6.45, 7) is 0.151. The van der Waals surface area contributed by atoms with Crippen LogP contribution in [0.25, 0.3) is 0 Å². The van der Waals surface area contributed by atoms with Crippen LogP contribution in [0.15, 0.2) is 52.3 Å². The van der Waals surface area contributed by atoms with Gasteiger partial charge in [0.05, 0.1) is 6.42 Å². The molecular weight excluding hydrogens is 302 g/mol. The number of ether oxygens (including phenoxy) is 1. The maximum Gasteiger partial charge on any atom is 0.322 e. The Balaban J connectivity index is 1.51. The highest BCUT2D eigenvalue weighted by atomic mass is 32.1. The van der Waals surface area contributed by atoms with Gasteiger partial charge in [-0.3, -0.25) is 10.1 Å². The number of rotatable bonds is 6. The summed E-state index contributed by atoms with van der Waals surface area (Å²) in [5.74, 6) is 0.820. The number of amides is 1. The zero-order chi connectivity index (χ0) is 15.2. The van der Waals surface area contributed by atoms with Gasteiger partial charge in [0.15, 0.2) is 6.61 Å². The highest BCUT2D eigenvalue weighted by Gasteiger charge is 2.11. The topological polar surface area (TPSA) is 77.2 Å². The molecule has 0 radical (unpaired) electrons. The van der Waals surface area contributed by atoms with E-state index in [2.05, 4.69) is 15.5 Å². The second-order valence-electron chi connectivity index (χ2n) is 4.41. The number of carbonyl (C=O) groups excluding carboxylic acids is 1. The monoisotopic (exact) mass is 315 g/mol. The Morgan fingerprint density at radius 2 is 2.05 bits per heavy atom. The number of hydrogen-bond acceptors (Lipinski definition) is 6. The smallest absolute Gasteiger partial charge is 0.322 e. The minimum atomic E-state index is -0.193. The Hall–Kier alpha value is -2.67. The van der Waals surface area contributed by atoms with E-state index in [1.165, 1.54) is 11.3 Å². The Morgan fingerprint density at radius 1 is 1.18 bits per heavy atom. The molecule has 1 N–H and O–H groups in total. The van der Waals surface area contributed by atoms with Gasteiger partial charge in [-0.15, -0.1) is 16.4 Å². The van der Waals surface area contributed by atoms with Crippen molar-refractivity contribution in [1.29, 1.82) is 0 Å². The molecule has 0 bridgehead atoms. The van der Waals surface area contributed by atoms with Crippen molar-refractivity contribution >= 4 is 23.3 Å². The van der Waals surface area contributed by atoms with E-state index < -0.39 is 0 Å². The number of hydrogen-bond donors (Lipinski definition) is 1. The van der Waals surface area contributed by atoms with Crippen LogP contribution >= 0.6 is 11.3 Å². The number of para-hydroxylation sites is 1. The second-order valence-corrected chi connectivity index (χ2v) is 5.44. The van der Waals surface area contributed by atoms with Crippen LogP contribution in [0.1, 0.15) is 10.8 Å². The number of anilines is 1. The molecule has 2 heterocycles. The summed E-state index contributed by atoms with van der Waals surface area (Å²) in [7, 11) is 0. The first-order chi connectivity index (χ1) is 10.8. The molecule has 0 aliphatic heterocycles. The number of aromatic nitrogens is 2. The highest BCUT2D eigenvalue weighted by molar-refractivity contribution is 7.10. The van der Waals surface area contributed by atoms with Crippen LogP contribution in [0.4, 0.5) is 6.01 Å². The first-order valence-corrected chi connectivity index (χ1v) is 7.50. The van der Waals surface area contributed by atoms with Crippen molar-refractivity contribution in [2.24, 2.45) is 0 Å². The lowest BCUT2D eigenvalue weighted by atomic mass is 10.3. The van der Waals surface area contributed by atoms with Gasteiger partial charge in [-0.25, -0.2) is 0 Å². The molecule has 2 aromatic heterocycles. The number of thiophene rings is 1. The van der Waals surface area contributed by atoms with Crippen LogP contribution in [0, 0.1) is 0 Å². The lowest BCUT2D eigenvalue weighted by Crippen LogP contribution is -2.13. The average molecular weight is 315 g/mol. The van der Waals surface area contributed by atoms with Crippen molar-refractivity contribution in [1.82, 2.24) is 10.2 Å². The zero-order valence-corrected chi connectivity index (χ0v) is 12.4. The quantitative estimate of drug-likeness (QED) is 0.757. The molecular formula is C15H13N3O3S. The molecule has 0 atom stereocenters. The van der Waals surface area contributed by atoms with E-state index in [0.717, 1.165) is 4.88 Å². The van der Waals surface area contributed by atoms with Crippen LogP contribution < -0.4 is 10.1 Å². The fraction of sp³-hybridized carbons (Fsp3) is 0.133. The van der Waals surface area contributed by atoms with E-state index in [-0.39, 0.29) is 24.9 Å². The molecule has 0 aliphatic rings. The van der Waals surface area contributed by atoms with E-state index in [4.69, 9.17) is 9.15 Å². The summed E-state index contributed by atoms with van der Waals surface area (Å²) in [6, 6.07) is 13.2. The van der Waals surface area contributed by atoms with Gasteiger partial charge in [-0.1, -0.05) is 29.4 Å². The van der Waals surface area contributed by atoms with Gasteiger partial charge in [0, 0.05) is 4.88 Å². The van der Waals surface area contributed by atoms with E-state index in [0.29, 0.717) is 11.6 Å². The van der Waals surface area contributed by atoms with Crippen molar-refractivity contribution < 1.29 is 13.9 Å². The molecule has 6 nitrogen and oxygen atoms in total.